The number of hydrogen-bond donors (Lipinski definition) is 0. The first-order valence-electron chi connectivity index (χ1n) is 12.4. The maximum absolute atomic E-state index is 13.0. The van der Waals surface area contributed by atoms with Gasteiger partial charge >= 0.3 is 0 Å². The summed E-state index contributed by atoms with van der Waals surface area (Å²) in [7, 11) is 0. The fourth-order valence-electron chi connectivity index (χ4n) is 5.26. The SMILES string of the molecule is Cc1sc2nc(CCc3ccccc3)nc(N3CCN(C(=O)C4CCCCC4)CC3)c2c1C. The Morgan fingerprint density at radius 3 is 2.42 bits per heavy atom. The summed E-state index contributed by atoms with van der Waals surface area (Å²) in [6, 6.07) is 10.6. The van der Waals surface area contributed by atoms with Gasteiger partial charge in [0.25, 0.3) is 0 Å². The molecule has 1 aliphatic carbocycles. The number of aromatic nitrogens is 2. The Kier molecular flexibility index (Phi) is 6.63. The Morgan fingerprint density at radius 1 is 0.970 bits per heavy atom. The number of amides is 1. The van der Waals surface area contributed by atoms with Crippen LogP contribution in [0, 0.1) is 19.8 Å². The predicted molar refractivity (Wildman–Crippen MR) is 136 cm³/mol. The van der Waals surface area contributed by atoms with E-state index in [0.717, 1.165) is 68.3 Å². The molecule has 3 heterocycles. The molecule has 2 fully saturated rings. The van der Waals surface area contributed by atoms with Crippen LogP contribution in [0.3, 0.4) is 0 Å². The lowest BCUT2D eigenvalue weighted by atomic mass is 9.88. The third-order valence-electron chi connectivity index (χ3n) is 7.38. The Labute approximate surface area is 200 Å². The zero-order valence-corrected chi connectivity index (χ0v) is 20.7. The molecule has 5 nitrogen and oxygen atoms in total. The molecule has 0 bridgehead atoms. The molecule has 0 atom stereocenters. The van der Waals surface area contributed by atoms with E-state index in [4.69, 9.17) is 9.97 Å². The average Bonchev–Trinajstić information content (AvgIpc) is 3.16. The minimum Gasteiger partial charge on any atom is -0.352 e. The van der Waals surface area contributed by atoms with E-state index in [1.54, 1.807) is 11.3 Å². The number of fused-ring (bicyclic) bond motifs is 1. The minimum atomic E-state index is 0.252. The van der Waals surface area contributed by atoms with E-state index in [1.807, 2.05) is 0 Å². The van der Waals surface area contributed by atoms with Crippen molar-refractivity contribution in [3.05, 3.63) is 52.2 Å². The van der Waals surface area contributed by atoms with E-state index in [1.165, 1.54) is 40.7 Å². The molecule has 3 aromatic rings. The van der Waals surface area contributed by atoms with Gasteiger partial charge in [-0.05, 0) is 44.2 Å². The second-order valence-electron chi connectivity index (χ2n) is 9.56. The highest BCUT2D eigenvalue weighted by Crippen LogP contribution is 2.36. The summed E-state index contributed by atoms with van der Waals surface area (Å²) in [5.74, 6) is 2.62. The van der Waals surface area contributed by atoms with Gasteiger partial charge < -0.3 is 9.80 Å². The van der Waals surface area contributed by atoms with Gasteiger partial charge in [-0.3, -0.25) is 4.79 Å². The fraction of sp³-hybridized carbons (Fsp3) is 0.519. The van der Waals surface area contributed by atoms with Crippen LogP contribution in [-0.2, 0) is 17.6 Å². The molecular weight excluding hydrogens is 428 g/mol. The van der Waals surface area contributed by atoms with Crippen molar-refractivity contribution in [1.29, 1.82) is 0 Å². The lowest BCUT2D eigenvalue weighted by Crippen LogP contribution is -2.51. The maximum atomic E-state index is 13.0. The van der Waals surface area contributed by atoms with Gasteiger partial charge in [-0.15, -0.1) is 11.3 Å². The Morgan fingerprint density at radius 2 is 1.70 bits per heavy atom. The van der Waals surface area contributed by atoms with Crippen molar-refractivity contribution in [3.8, 4) is 0 Å². The number of piperazine rings is 1. The summed E-state index contributed by atoms with van der Waals surface area (Å²) >= 11 is 1.77. The highest BCUT2D eigenvalue weighted by atomic mass is 32.1. The number of nitrogens with zero attached hydrogens (tertiary/aromatic N) is 4. The fourth-order valence-corrected chi connectivity index (χ4v) is 6.30. The quantitative estimate of drug-likeness (QED) is 0.515. The molecule has 6 heteroatoms. The summed E-state index contributed by atoms with van der Waals surface area (Å²) < 4.78 is 0. The Hall–Kier alpha value is -2.47. The summed E-state index contributed by atoms with van der Waals surface area (Å²) in [5.41, 5.74) is 2.61. The van der Waals surface area contributed by atoms with E-state index in [2.05, 4.69) is 54.0 Å². The van der Waals surface area contributed by atoms with E-state index >= 15 is 0 Å². The normalized spacial score (nSPS) is 17.6. The van der Waals surface area contributed by atoms with Crippen molar-refractivity contribution in [2.75, 3.05) is 31.1 Å². The number of carbonyl (C=O) groups excluding carboxylic acids is 1. The third-order valence-corrected chi connectivity index (χ3v) is 8.48. The van der Waals surface area contributed by atoms with Crippen LogP contribution in [0.5, 0.6) is 0 Å². The van der Waals surface area contributed by atoms with Crippen LogP contribution in [0.4, 0.5) is 5.82 Å². The first-order chi connectivity index (χ1) is 16.1. The van der Waals surface area contributed by atoms with Crippen molar-refractivity contribution in [2.24, 2.45) is 5.92 Å². The van der Waals surface area contributed by atoms with Gasteiger partial charge in [0, 0.05) is 43.4 Å². The van der Waals surface area contributed by atoms with E-state index in [0.29, 0.717) is 5.91 Å². The van der Waals surface area contributed by atoms with Crippen molar-refractivity contribution in [1.82, 2.24) is 14.9 Å². The molecular formula is C27H34N4OS. The summed E-state index contributed by atoms with van der Waals surface area (Å²) in [6.45, 7) is 7.64. The van der Waals surface area contributed by atoms with Gasteiger partial charge in [-0.2, -0.15) is 0 Å². The molecule has 0 spiro atoms. The summed E-state index contributed by atoms with van der Waals surface area (Å²) in [6.07, 6.45) is 7.62. The van der Waals surface area contributed by atoms with Crippen molar-refractivity contribution in [3.63, 3.8) is 0 Å². The molecule has 1 aliphatic heterocycles. The number of hydrogen-bond acceptors (Lipinski definition) is 5. The molecule has 1 aromatic carbocycles. The molecule has 2 aliphatic rings. The van der Waals surface area contributed by atoms with Gasteiger partial charge in [0.2, 0.25) is 5.91 Å². The van der Waals surface area contributed by atoms with Gasteiger partial charge in [0.05, 0.1) is 5.39 Å². The van der Waals surface area contributed by atoms with Crippen LogP contribution >= 0.6 is 11.3 Å². The lowest BCUT2D eigenvalue weighted by molar-refractivity contribution is -0.136. The second kappa shape index (κ2) is 9.80. The number of benzene rings is 1. The zero-order valence-electron chi connectivity index (χ0n) is 19.8. The first kappa shape index (κ1) is 22.3. The van der Waals surface area contributed by atoms with Crippen LogP contribution in [-0.4, -0.2) is 47.0 Å². The smallest absolute Gasteiger partial charge is 0.225 e. The summed E-state index contributed by atoms with van der Waals surface area (Å²) in [5, 5.41) is 1.20. The monoisotopic (exact) mass is 462 g/mol. The number of anilines is 1. The molecule has 0 unspecified atom stereocenters. The Bertz CT molecular complexity index is 1110. The van der Waals surface area contributed by atoms with Crippen LogP contribution in [0.15, 0.2) is 30.3 Å². The van der Waals surface area contributed by atoms with Crippen molar-refractivity contribution < 1.29 is 4.79 Å². The first-order valence-corrected chi connectivity index (χ1v) is 13.3. The van der Waals surface area contributed by atoms with Crippen molar-refractivity contribution in [2.45, 2.75) is 58.8 Å². The molecule has 5 rings (SSSR count). The number of rotatable bonds is 5. The molecule has 2 aromatic heterocycles. The van der Waals surface area contributed by atoms with Gasteiger partial charge in [-0.25, -0.2) is 9.97 Å². The van der Waals surface area contributed by atoms with Gasteiger partial charge in [0.1, 0.15) is 16.5 Å². The molecule has 0 N–H and O–H groups in total. The topological polar surface area (TPSA) is 49.3 Å². The summed E-state index contributed by atoms with van der Waals surface area (Å²) in [4.78, 5) is 30.0. The standard InChI is InChI=1S/C27H34N4OS/c1-19-20(2)33-26-24(19)25(28-23(29-26)14-13-21-9-5-3-6-10-21)30-15-17-31(18-16-30)27(32)22-11-7-4-8-12-22/h3,5-6,9-10,22H,4,7-8,11-18H2,1-2H3. The van der Waals surface area contributed by atoms with Gasteiger partial charge in [-0.1, -0.05) is 49.6 Å². The zero-order chi connectivity index (χ0) is 22.8. The highest BCUT2D eigenvalue weighted by Gasteiger charge is 2.30. The third kappa shape index (κ3) is 4.77. The van der Waals surface area contributed by atoms with Crippen LogP contribution in [0.1, 0.15) is 53.9 Å². The predicted octanol–water partition coefficient (Wildman–Crippen LogP) is 5.32. The number of carbonyl (C=O) groups is 1. The molecule has 0 radical (unpaired) electrons. The molecule has 1 saturated heterocycles. The molecule has 1 saturated carbocycles. The number of aryl methyl sites for hydroxylation is 4. The molecule has 174 valence electrons. The largest absolute Gasteiger partial charge is 0.352 e. The highest BCUT2D eigenvalue weighted by molar-refractivity contribution is 7.18. The lowest BCUT2D eigenvalue weighted by Gasteiger charge is -2.38. The number of thiophene rings is 1. The Balaban J connectivity index is 1.35. The van der Waals surface area contributed by atoms with Crippen LogP contribution < -0.4 is 4.90 Å². The molecule has 33 heavy (non-hydrogen) atoms. The van der Waals surface area contributed by atoms with Crippen LogP contribution in [0.2, 0.25) is 0 Å². The van der Waals surface area contributed by atoms with Gasteiger partial charge in [0.15, 0.2) is 0 Å². The second-order valence-corrected chi connectivity index (χ2v) is 10.8. The van der Waals surface area contributed by atoms with E-state index in [-0.39, 0.29) is 5.92 Å². The minimum absolute atomic E-state index is 0.252. The van der Waals surface area contributed by atoms with E-state index < -0.39 is 0 Å². The van der Waals surface area contributed by atoms with Crippen molar-refractivity contribution >= 4 is 33.3 Å². The van der Waals surface area contributed by atoms with Crippen LogP contribution in [0.25, 0.3) is 10.2 Å². The van der Waals surface area contributed by atoms with E-state index in [9.17, 15) is 4.79 Å². The maximum Gasteiger partial charge on any atom is 0.225 e. The average molecular weight is 463 g/mol. The molecule has 1 amide bonds.